The number of hydrogen-bond donors (Lipinski definition) is 1. The fourth-order valence-corrected chi connectivity index (χ4v) is 2.39. The lowest BCUT2D eigenvalue weighted by atomic mass is 10.1. The number of para-hydroxylation sites is 1. The molecule has 114 valence electrons. The van der Waals surface area contributed by atoms with E-state index in [9.17, 15) is 0 Å². The molecule has 1 aromatic carbocycles. The summed E-state index contributed by atoms with van der Waals surface area (Å²) >= 11 is 0. The second-order valence-electron chi connectivity index (χ2n) is 5.40. The molecular formula is C18H30O2. The lowest BCUT2D eigenvalue weighted by Crippen LogP contribution is -2.01. The Morgan fingerprint density at radius 2 is 1.55 bits per heavy atom. The number of aliphatic hydroxyl groups is 1. The zero-order valence-corrected chi connectivity index (χ0v) is 12.9. The summed E-state index contributed by atoms with van der Waals surface area (Å²) in [4.78, 5) is 0. The molecule has 0 aliphatic rings. The van der Waals surface area contributed by atoms with Crippen molar-refractivity contribution in [2.24, 2.45) is 0 Å². The Bertz CT molecular complexity index is 336. The minimum absolute atomic E-state index is 0.179. The third kappa shape index (κ3) is 7.54. The van der Waals surface area contributed by atoms with E-state index in [-0.39, 0.29) is 6.61 Å². The Kier molecular flexibility index (Phi) is 10.0. The smallest absolute Gasteiger partial charge is 0.122 e. The Morgan fingerprint density at radius 3 is 2.25 bits per heavy atom. The Labute approximate surface area is 124 Å². The molecule has 0 bridgehead atoms. The SMILES string of the molecule is CCCCCCCCCCOc1ccccc1CCO. The summed E-state index contributed by atoms with van der Waals surface area (Å²) in [6, 6.07) is 8.01. The Balaban J connectivity index is 2.06. The van der Waals surface area contributed by atoms with E-state index in [2.05, 4.69) is 6.92 Å². The Morgan fingerprint density at radius 1 is 0.900 bits per heavy atom. The van der Waals surface area contributed by atoms with Crippen molar-refractivity contribution in [3.05, 3.63) is 29.8 Å². The fraction of sp³-hybridized carbons (Fsp3) is 0.667. The topological polar surface area (TPSA) is 29.5 Å². The maximum atomic E-state index is 9.02. The minimum atomic E-state index is 0.179. The van der Waals surface area contributed by atoms with Crippen molar-refractivity contribution >= 4 is 0 Å². The molecule has 0 aliphatic carbocycles. The monoisotopic (exact) mass is 278 g/mol. The lowest BCUT2D eigenvalue weighted by molar-refractivity contribution is 0.284. The van der Waals surface area contributed by atoms with E-state index in [1.165, 1.54) is 44.9 Å². The number of rotatable bonds is 12. The van der Waals surface area contributed by atoms with Crippen LogP contribution in [0, 0.1) is 0 Å². The molecule has 0 heterocycles. The van der Waals surface area contributed by atoms with Crippen molar-refractivity contribution in [3.63, 3.8) is 0 Å². The van der Waals surface area contributed by atoms with Gasteiger partial charge in [0.05, 0.1) is 6.61 Å². The molecule has 2 heteroatoms. The molecule has 20 heavy (non-hydrogen) atoms. The highest BCUT2D eigenvalue weighted by molar-refractivity contribution is 5.33. The third-order valence-electron chi connectivity index (χ3n) is 3.61. The predicted octanol–water partition coefficient (Wildman–Crippen LogP) is 4.74. The second-order valence-corrected chi connectivity index (χ2v) is 5.40. The number of benzene rings is 1. The van der Waals surface area contributed by atoms with Gasteiger partial charge in [0, 0.05) is 6.61 Å². The zero-order valence-electron chi connectivity index (χ0n) is 12.9. The first kappa shape index (κ1) is 17.0. The maximum Gasteiger partial charge on any atom is 0.122 e. The van der Waals surface area contributed by atoms with Crippen LogP contribution in [-0.4, -0.2) is 18.3 Å². The number of hydrogen-bond acceptors (Lipinski definition) is 2. The molecule has 0 saturated heterocycles. The minimum Gasteiger partial charge on any atom is -0.493 e. The number of aliphatic hydroxyl groups excluding tert-OH is 1. The van der Waals surface area contributed by atoms with Crippen LogP contribution in [0.4, 0.5) is 0 Å². The first-order chi connectivity index (χ1) is 9.88. The molecule has 0 aliphatic heterocycles. The van der Waals surface area contributed by atoms with Crippen LogP contribution in [-0.2, 0) is 6.42 Å². The van der Waals surface area contributed by atoms with Gasteiger partial charge in [-0.15, -0.1) is 0 Å². The maximum absolute atomic E-state index is 9.02. The van der Waals surface area contributed by atoms with Crippen LogP contribution in [0.2, 0.25) is 0 Å². The van der Waals surface area contributed by atoms with E-state index in [0.717, 1.165) is 24.3 Å². The molecule has 0 unspecified atom stereocenters. The van der Waals surface area contributed by atoms with Gasteiger partial charge in [-0.1, -0.05) is 70.1 Å². The van der Waals surface area contributed by atoms with Crippen LogP contribution in [0.5, 0.6) is 5.75 Å². The van der Waals surface area contributed by atoms with Crippen LogP contribution in [0.3, 0.4) is 0 Å². The fourth-order valence-electron chi connectivity index (χ4n) is 2.39. The summed E-state index contributed by atoms with van der Waals surface area (Å²) in [6.07, 6.45) is 11.2. The summed E-state index contributed by atoms with van der Waals surface area (Å²) in [5.74, 6) is 0.935. The van der Waals surface area contributed by atoms with Crippen LogP contribution < -0.4 is 4.74 Å². The molecule has 0 aromatic heterocycles. The predicted molar refractivity (Wildman–Crippen MR) is 85.3 cm³/mol. The molecule has 1 aromatic rings. The highest BCUT2D eigenvalue weighted by atomic mass is 16.5. The summed E-state index contributed by atoms with van der Waals surface area (Å²) < 4.78 is 5.82. The molecule has 0 spiro atoms. The van der Waals surface area contributed by atoms with Gasteiger partial charge in [-0.25, -0.2) is 0 Å². The third-order valence-corrected chi connectivity index (χ3v) is 3.61. The van der Waals surface area contributed by atoms with Gasteiger partial charge >= 0.3 is 0 Å². The molecule has 0 atom stereocenters. The van der Waals surface area contributed by atoms with Crippen molar-refractivity contribution in [2.75, 3.05) is 13.2 Å². The molecule has 0 amide bonds. The first-order valence-corrected chi connectivity index (χ1v) is 8.20. The average Bonchev–Trinajstić information content (AvgIpc) is 2.47. The summed E-state index contributed by atoms with van der Waals surface area (Å²) in [7, 11) is 0. The normalized spacial score (nSPS) is 10.7. The van der Waals surface area contributed by atoms with Gasteiger partial charge in [-0.3, -0.25) is 0 Å². The van der Waals surface area contributed by atoms with E-state index in [1.54, 1.807) is 0 Å². The average molecular weight is 278 g/mol. The second kappa shape index (κ2) is 11.8. The molecule has 1 N–H and O–H groups in total. The van der Waals surface area contributed by atoms with Gasteiger partial charge in [0.25, 0.3) is 0 Å². The van der Waals surface area contributed by atoms with E-state index < -0.39 is 0 Å². The van der Waals surface area contributed by atoms with E-state index in [1.807, 2.05) is 24.3 Å². The molecule has 0 radical (unpaired) electrons. The van der Waals surface area contributed by atoms with E-state index in [0.29, 0.717) is 6.42 Å². The summed E-state index contributed by atoms with van der Waals surface area (Å²) in [5.41, 5.74) is 1.11. The first-order valence-electron chi connectivity index (χ1n) is 8.20. The van der Waals surface area contributed by atoms with Gasteiger partial charge in [0.1, 0.15) is 5.75 Å². The van der Waals surface area contributed by atoms with E-state index in [4.69, 9.17) is 9.84 Å². The molecule has 2 nitrogen and oxygen atoms in total. The quantitative estimate of drug-likeness (QED) is 0.559. The summed E-state index contributed by atoms with van der Waals surface area (Å²) in [5, 5.41) is 9.02. The molecule has 0 fully saturated rings. The highest BCUT2D eigenvalue weighted by Crippen LogP contribution is 2.19. The Hall–Kier alpha value is -1.02. The summed E-state index contributed by atoms with van der Waals surface area (Å²) in [6.45, 7) is 3.22. The van der Waals surface area contributed by atoms with Crippen molar-refractivity contribution in [2.45, 2.75) is 64.7 Å². The van der Waals surface area contributed by atoms with Gasteiger partial charge in [0.15, 0.2) is 0 Å². The van der Waals surface area contributed by atoms with Crippen molar-refractivity contribution < 1.29 is 9.84 Å². The van der Waals surface area contributed by atoms with Gasteiger partial charge in [-0.2, -0.15) is 0 Å². The van der Waals surface area contributed by atoms with Crippen molar-refractivity contribution in [1.82, 2.24) is 0 Å². The zero-order chi connectivity index (χ0) is 14.5. The van der Waals surface area contributed by atoms with Crippen molar-refractivity contribution in [3.8, 4) is 5.75 Å². The number of ether oxygens (including phenoxy) is 1. The molecular weight excluding hydrogens is 248 g/mol. The van der Waals surface area contributed by atoms with Crippen LogP contribution >= 0.6 is 0 Å². The highest BCUT2D eigenvalue weighted by Gasteiger charge is 2.01. The van der Waals surface area contributed by atoms with Crippen LogP contribution in [0.15, 0.2) is 24.3 Å². The van der Waals surface area contributed by atoms with Crippen LogP contribution in [0.25, 0.3) is 0 Å². The van der Waals surface area contributed by atoms with E-state index >= 15 is 0 Å². The van der Waals surface area contributed by atoms with Gasteiger partial charge in [-0.05, 0) is 24.5 Å². The molecule has 0 saturated carbocycles. The largest absolute Gasteiger partial charge is 0.493 e. The number of unbranched alkanes of at least 4 members (excludes halogenated alkanes) is 7. The van der Waals surface area contributed by atoms with Crippen molar-refractivity contribution in [1.29, 1.82) is 0 Å². The van der Waals surface area contributed by atoms with Crippen LogP contribution in [0.1, 0.15) is 63.9 Å². The van der Waals surface area contributed by atoms with Gasteiger partial charge in [0.2, 0.25) is 0 Å². The van der Waals surface area contributed by atoms with Gasteiger partial charge < -0.3 is 9.84 Å². The lowest BCUT2D eigenvalue weighted by Gasteiger charge is -2.10. The standard InChI is InChI=1S/C18H30O2/c1-2-3-4-5-6-7-8-11-16-20-18-13-10-9-12-17(18)14-15-19/h9-10,12-13,19H,2-8,11,14-16H2,1H3. The molecule has 1 rings (SSSR count).